The number of benzene rings is 2. The summed E-state index contributed by atoms with van der Waals surface area (Å²) in [6, 6.07) is 9.99. The van der Waals surface area contributed by atoms with Gasteiger partial charge >= 0.3 is 0 Å². The van der Waals surface area contributed by atoms with Crippen molar-refractivity contribution in [1.29, 1.82) is 0 Å². The zero-order valence-electron chi connectivity index (χ0n) is 20.7. The van der Waals surface area contributed by atoms with E-state index in [1.54, 1.807) is 24.0 Å². The Labute approximate surface area is 231 Å². The third-order valence-electron chi connectivity index (χ3n) is 6.38. The highest BCUT2D eigenvalue weighted by Gasteiger charge is 2.29. The molecule has 5 rings (SSSR count). The van der Waals surface area contributed by atoms with Crippen LogP contribution < -0.4 is 5.32 Å². The Balaban J connectivity index is 1.34. The minimum Gasteiger partial charge on any atom is -0.332 e. The van der Waals surface area contributed by atoms with Crippen LogP contribution in [0.5, 0.6) is 0 Å². The summed E-state index contributed by atoms with van der Waals surface area (Å²) in [5.74, 6) is -1.13. The van der Waals surface area contributed by atoms with Crippen molar-refractivity contribution in [2.45, 2.75) is 32.9 Å². The first-order valence-corrected chi connectivity index (χ1v) is 13.1. The number of hydrogen-bond donors (Lipinski definition) is 1. The third kappa shape index (κ3) is 5.34. The molecule has 9 nitrogen and oxygen atoms in total. The molecule has 1 aliphatic heterocycles. The number of fused-ring (bicyclic) bond motifs is 1. The van der Waals surface area contributed by atoms with E-state index in [0.717, 1.165) is 35.1 Å². The molecule has 0 saturated heterocycles. The second-order valence-electron chi connectivity index (χ2n) is 9.19. The Morgan fingerprint density at radius 1 is 1.24 bits per heavy atom. The number of carbonyl (C=O) groups is 2. The second-order valence-corrected chi connectivity index (χ2v) is 10.5. The largest absolute Gasteiger partial charge is 0.332 e. The minimum absolute atomic E-state index is 0.0293. The van der Waals surface area contributed by atoms with E-state index in [0.29, 0.717) is 28.2 Å². The molecule has 0 bridgehead atoms. The van der Waals surface area contributed by atoms with E-state index in [1.807, 2.05) is 29.8 Å². The van der Waals surface area contributed by atoms with Crippen molar-refractivity contribution in [3.8, 4) is 11.3 Å². The van der Waals surface area contributed by atoms with Crippen LogP contribution in [0.4, 0.5) is 10.1 Å². The molecule has 0 spiro atoms. The van der Waals surface area contributed by atoms with Gasteiger partial charge in [0, 0.05) is 29.3 Å². The smallest absolute Gasteiger partial charge is 0.257 e. The van der Waals surface area contributed by atoms with Crippen molar-refractivity contribution < 1.29 is 14.0 Å². The van der Waals surface area contributed by atoms with Gasteiger partial charge in [0.1, 0.15) is 11.5 Å². The van der Waals surface area contributed by atoms with E-state index < -0.39 is 5.82 Å². The molecule has 0 aliphatic carbocycles. The van der Waals surface area contributed by atoms with Crippen molar-refractivity contribution in [3.63, 3.8) is 0 Å². The van der Waals surface area contributed by atoms with E-state index in [4.69, 9.17) is 11.6 Å². The maximum atomic E-state index is 13.9. The molecule has 0 atom stereocenters. The number of carbonyl (C=O) groups excluding carboxylic acids is 2. The lowest BCUT2D eigenvalue weighted by Gasteiger charge is -2.18. The van der Waals surface area contributed by atoms with Crippen LogP contribution in [0.25, 0.3) is 11.3 Å². The molecule has 196 valence electrons. The highest BCUT2D eigenvalue weighted by Crippen LogP contribution is 2.26. The molecular weight excluding hydrogens is 577 g/mol. The predicted octanol–water partition coefficient (Wildman–Crippen LogP) is 4.71. The third-order valence-corrected chi connectivity index (χ3v) is 7.18. The number of hydrogen-bond acceptors (Lipinski definition) is 5. The summed E-state index contributed by atoms with van der Waals surface area (Å²) in [5, 5.41) is 15.8. The molecule has 2 aromatic heterocycles. The van der Waals surface area contributed by atoms with Gasteiger partial charge in [0.2, 0.25) is 5.91 Å². The number of aromatic nitrogens is 5. The average molecular weight is 601 g/mol. The number of rotatable bonds is 7. The van der Waals surface area contributed by atoms with Gasteiger partial charge in [-0.15, -0.1) is 5.10 Å². The summed E-state index contributed by atoms with van der Waals surface area (Å²) >= 11 is 9.20. The van der Waals surface area contributed by atoms with Crippen LogP contribution in [0.2, 0.25) is 5.02 Å². The molecule has 12 heteroatoms. The molecule has 4 aromatic rings. The van der Waals surface area contributed by atoms with Gasteiger partial charge in [0.05, 0.1) is 41.3 Å². The maximum absolute atomic E-state index is 13.9. The molecule has 2 amide bonds. The van der Waals surface area contributed by atoms with E-state index in [-0.39, 0.29) is 29.9 Å². The normalized spacial score (nSPS) is 12.4. The van der Waals surface area contributed by atoms with Crippen molar-refractivity contribution in [2.75, 3.05) is 18.9 Å². The Kier molecular flexibility index (Phi) is 7.31. The molecular formula is C26H24BrClFN7O2. The van der Waals surface area contributed by atoms with Crippen LogP contribution in [-0.2, 0) is 24.3 Å². The summed E-state index contributed by atoms with van der Waals surface area (Å²) in [5.41, 5.74) is 4.47. The summed E-state index contributed by atoms with van der Waals surface area (Å²) in [6.45, 7) is 2.70. The van der Waals surface area contributed by atoms with Crippen LogP contribution in [0.15, 0.2) is 47.1 Å². The Morgan fingerprint density at radius 3 is 2.82 bits per heavy atom. The van der Waals surface area contributed by atoms with Crippen LogP contribution in [0.1, 0.15) is 33.7 Å². The summed E-state index contributed by atoms with van der Waals surface area (Å²) in [7, 11) is 1.60. The molecule has 2 aromatic carbocycles. The second kappa shape index (κ2) is 10.7. The summed E-state index contributed by atoms with van der Waals surface area (Å²) in [4.78, 5) is 27.7. The number of anilines is 1. The Hall–Kier alpha value is -3.57. The van der Waals surface area contributed by atoms with Crippen molar-refractivity contribution >= 4 is 45.0 Å². The van der Waals surface area contributed by atoms with Crippen molar-refractivity contribution in [3.05, 3.63) is 80.4 Å². The maximum Gasteiger partial charge on any atom is 0.257 e. The van der Waals surface area contributed by atoms with E-state index >= 15 is 0 Å². The van der Waals surface area contributed by atoms with Gasteiger partial charge in [-0.25, -0.2) is 9.07 Å². The van der Waals surface area contributed by atoms with E-state index in [9.17, 15) is 14.0 Å². The molecule has 1 aliphatic rings. The van der Waals surface area contributed by atoms with E-state index in [1.165, 1.54) is 17.0 Å². The topological polar surface area (TPSA) is 97.9 Å². The zero-order valence-corrected chi connectivity index (χ0v) is 23.1. The Bertz CT molecular complexity index is 1550. The van der Waals surface area contributed by atoms with Crippen LogP contribution >= 0.6 is 27.5 Å². The van der Waals surface area contributed by atoms with Gasteiger partial charge in [0.15, 0.2) is 0 Å². The fraction of sp³-hybridized carbons (Fsp3) is 0.269. The van der Waals surface area contributed by atoms with Crippen molar-refractivity contribution in [1.82, 2.24) is 29.7 Å². The van der Waals surface area contributed by atoms with Gasteiger partial charge in [-0.2, -0.15) is 5.10 Å². The minimum atomic E-state index is -0.542. The lowest BCUT2D eigenvalue weighted by Crippen LogP contribution is -2.35. The van der Waals surface area contributed by atoms with Gasteiger partial charge in [0.25, 0.3) is 5.91 Å². The average Bonchev–Trinajstić information content (AvgIpc) is 3.59. The number of aryl methyl sites for hydroxylation is 2. The highest BCUT2D eigenvalue weighted by atomic mass is 79.9. The predicted molar refractivity (Wildman–Crippen MR) is 145 cm³/mol. The molecule has 38 heavy (non-hydrogen) atoms. The first-order valence-electron chi connectivity index (χ1n) is 11.9. The fourth-order valence-electron chi connectivity index (χ4n) is 4.50. The quantitative estimate of drug-likeness (QED) is 0.331. The highest BCUT2D eigenvalue weighted by molar-refractivity contribution is 9.10. The van der Waals surface area contributed by atoms with Gasteiger partial charge in [-0.1, -0.05) is 38.8 Å². The van der Waals surface area contributed by atoms with Gasteiger partial charge in [-0.3, -0.25) is 14.3 Å². The monoisotopic (exact) mass is 599 g/mol. The zero-order chi connectivity index (χ0) is 27.0. The SMILES string of the molecule is Cc1cc(Br)ccc1NC(=O)CN(C)C(=O)c1c(Cn2cc(-c3ccc(Cl)c(F)c3)nn2)nn2c1CCC2. The summed E-state index contributed by atoms with van der Waals surface area (Å²) in [6.07, 6.45) is 3.28. The summed E-state index contributed by atoms with van der Waals surface area (Å²) < 4.78 is 18.2. The first kappa shape index (κ1) is 26.1. The molecule has 1 N–H and O–H groups in total. The number of nitrogens with zero attached hydrogens (tertiary/aromatic N) is 6. The van der Waals surface area contributed by atoms with Gasteiger partial charge in [-0.05, 0) is 55.7 Å². The number of halogens is 3. The van der Waals surface area contributed by atoms with Crippen molar-refractivity contribution in [2.24, 2.45) is 0 Å². The number of likely N-dealkylation sites (N-methyl/N-ethyl adjacent to an activating group) is 1. The number of amides is 2. The van der Waals surface area contributed by atoms with E-state index in [2.05, 4.69) is 36.7 Å². The fourth-order valence-corrected chi connectivity index (χ4v) is 5.09. The van der Waals surface area contributed by atoms with Crippen LogP contribution in [-0.4, -0.2) is 55.1 Å². The molecule has 0 saturated carbocycles. The van der Waals surface area contributed by atoms with Crippen LogP contribution in [0.3, 0.4) is 0 Å². The van der Waals surface area contributed by atoms with Crippen LogP contribution in [0, 0.1) is 12.7 Å². The lowest BCUT2D eigenvalue weighted by molar-refractivity contribution is -0.116. The standard InChI is InChI=1S/C26H24BrClFN7O2/c1-15-10-17(27)6-8-20(15)30-24(37)14-34(2)26(38)25-22(32-36-9-3-4-23(25)36)13-35-12-21(31-33-35)16-5-7-18(28)19(29)11-16/h5-8,10-12H,3-4,9,13-14H2,1-2H3,(H,30,37). The molecule has 0 fully saturated rings. The molecule has 0 radical (unpaired) electrons. The number of nitrogens with one attached hydrogen (secondary N) is 1. The molecule has 3 heterocycles. The molecule has 0 unspecified atom stereocenters. The lowest BCUT2D eigenvalue weighted by atomic mass is 10.1. The first-order chi connectivity index (χ1) is 18.2. The Morgan fingerprint density at radius 2 is 2.05 bits per heavy atom. The van der Waals surface area contributed by atoms with Gasteiger partial charge < -0.3 is 10.2 Å².